The Bertz CT molecular complexity index is 222. The van der Waals surface area contributed by atoms with Gasteiger partial charge in [0.15, 0.2) is 6.04 Å². The second-order valence-corrected chi connectivity index (χ2v) is 2.92. The van der Waals surface area contributed by atoms with Crippen LogP contribution in [0.3, 0.4) is 0 Å². The van der Waals surface area contributed by atoms with Crippen LogP contribution in [0.5, 0.6) is 0 Å². The number of ether oxygens (including phenoxy) is 1. The average molecular weight is 248 g/mol. The van der Waals surface area contributed by atoms with Crippen molar-refractivity contribution in [3.63, 3.8) is 0 Å². The van der Waals surface area contributed by atoms with Crippen LogP contribution in [0, 0.1) is 0 Å². The molecule has 3 N–H and O–H groups in total. The molecule has 0 spiro atoms. The van der Waals surface area contributed by atoms with E-state index in [1.165, 1.54) is 5.06 Å². The normalized spacial score (nSPS) is 20.8. The van der Waals surface area contributed by atoms with Gasteiger partial charge in [0.25, 0.3) is 0 Å². The van der Waals surface area contributed by atoms with Crippen LogP contribution in [-0.4, -0.2) is 51.1 Å². The van der Waals surface area contributed by atoms with E-state index in [4.69, 9.17) is 9.57 Å². The third kappa shape index (κ3) is 7.43. The highest BCUT2D eigenvalue weighted by atomic mass is 19.5. The van der Waals surface area contributed by atoms with Gasteiger partial charge in [-0.3, -0.25) is 9.63 Å². The summed E-state index contributed by atoms with van der Waals surface area (Å²) in [4.78, 5) is 16.1. The van der Waals surface area contributed by atoms with Crippen LogP contribution in [0.25, 0.3) is 0 Å². The Morgan fingerprint density at radius 2 is 2.06 bits per heavy atom. The third-order valence-electron chi connectivity index (χ3n) is 1.53. The molecule has 1 saturated heterocycles. The maximum absolute atomic E-state index is 11.1. The molecule has 1 atom stereocenters. The molecule has 0 aromatic carbocycles. The van der Waals surface area contributed by atoms with Gasteiger partial charge in [-0.1, -0.05) is 0 Å². The molecule has 0 aliphatic carbocycles. The molecule has 16 heavy (non-hydrogen) atoms. The molecular formula is C6H13BF4N2O3. The Kier molecular flexibility index (Phi) is 6.30. The number of quaternary nitrogens is 1. The van der Waals surface area contributed by atoms with Crippen molar-refractivity contribution in [2.75, 3.05) is 26.9 Å². The molecule has 1 aliphatic heterocycles. The SMILES string of the molecule is COCCN1OCC([NH3+])C1=O.F[B-](F)(F)F. The number of hydrogen-bond acceptors (Lipinski definition) is 3. The number of halogens is 4. The zero-order valence-electron chi connectivity index (χ0n) is 8.67. The van der Waals surface area contributed by atoms with Crippen molar-refractivity contribution in [2.24, 2.45) is 0 Å². The first kappa shape index (κ1) is 15.1. The lowest BCUT2D eigenvalue weighted by molar-refractivity contribution is -0.402. The second-order valence-electron chi connectivity index (χ2n) is 2.92. The van der Waals surface area contributed by atoms with Crippen LogP contribution in [0.4, 0.5) is 17.3 Å². The fraction of sp³-hybridized carbons (Fsp3) is 0.833. The molecular weight excluding hydrogens is 235 g/mol. The van der Waals surface area contributed by atoms with Gasteiger partial charge in [0, 0.05) is 7.11 Å². The van der Waals surface area contributed by atoms with Crippen LogP contribution in [0.2, 0.25) is 0 Å². The minimum Gasteiger partial charge on any atom is -0.418 e. The Morgan fingerprint density at radius 1 is 1.56 bits per heavy atom. The highest BCUT2D eigenvalue weighted by Gasteiger charge is 2.32. The average Bonchev–Trinajstić information content (AvgIpc) is 2.42. The fourth-order valence-corrected chi connectivity index (χ4v) is 0.867. The Morgan fingerprint density at radius 3 is 2.38 bits per heavy atom. The van der Waals surface area contributed by atoms with Gasteiger partial charge in [-0.15, -0.1) is 0 Å². The van der Waals surface area contributed by atoms with Gasteiger partial charge < -0.3 is 27.7 Å². The first-order valence-corrected chi connectivity index (χ1v) is 4.39. The van der Waals surface area contributed by atoms with E-state index in [0.29, 0.717) is 19.8 Å². The number of carbonyl (C=O) groups is 1. The largest absolute Gasteiger partial charge is 0.673 e. The van der Waals surface area contributed by atoms with E-state index < -0.39 is 7.25 Å². The van der Waals surface area contributed by atoms with Crippen molar-refractivity contribution in [1.29, 1.82) is 0 Å². The van der Waals surface area contributed by atoms with Gasteiger partial charge >= 0.3 is 13.2 Å². The molecule has 10 heteroatoms. The molecule has 1 rings (SSSR count). The number of amides is 1. The van der Waals surface area contributed by atoms with E-state index in [2.05, 4.69) is 5.73 Å². The monoisotopic (exact) mass is 248 g/mol. The lowest BCUT2D eigenvalue weighted by atomic mass is 10.3. The van der Waals surface area contributed by atoms with Crippen LogP contribution in [-0.2, 0) is 14.4 Å². The van der Waals surface area contributed by atoms with Gasteiger partial charge in [0.1, 0.15) is 6.61 Å². The number of methoxy groups -OCH3 is 1. The summed E-state index contributed by atoms with van der Waals surface area (Å²) in [6.45, 7) is 1.38. The number of carbonyl (C=O) groups excluding carboxylic acids is 1. The first-order valence-electron chi connectivity index (χ1n) is 4.39. The standard InChI is InChI=1S/C6H12N2O3.BF4/c1-10-3-2-8-6(9)5(7)4-11-8;2-1(3,4)5/h5H,2-4,7H2,1H3;/q;-1/p+1. The van der Waals surface area contributed by atoms with Crippen molar-refractivity contribution < 1.29 is 37.4 Å². The van der Waals surface area contributed by atoms with Gasteiger partial charge in [0.2, 0.25) is 0 Å². The summed E-state index contributed by atoms with van der Waals surface area (Å²) in [5.41, 5.74) is 3.62. The smallest absolute Gasteiger partial charge is 0.418 e. The van der Waals surface area contributed by atoms with Crippen molar-refractivity contribution >= 4 is 13.2 Å². The highest BCUT2D eigenvalue weighted by Crippen LogP contribution is 2.06. The van der Waals surface area contributed by atoms with Crippen molar-refractivity contribution in [3.05, 3.63) is 0 Å². The summed E-state index contributed by atoms with van der Waals surface area (Å²) in [5, 5.41) is 1.31. The van der Waals surface area contributed by atoms with Gasteiger partial charge in [-0.25, -0.2) is 5.06 Å². The maximum Gasteiger partial charge on any atom is 0.673 e. The molecule has 0 aromatic rings. The van der Waals surface area contributed by atoms with Crippen LogP contribution < -0.4 is 5.73 Å². The van der Waals surface area contributed by atoms with Gasteiger partial charge in [-0.05, 0) is 0 Å². The van der Waals surface area contributed by atoms with Crippen molar-refractivity contribution in [3.8, 4) is 0 Å². The molecule has 0 bridgehead atoms. The van der Waals surface area contributed by atoms with E-state index in [1.54, 1.807) is 7.11 Å². The predicted octanol–water partition coefficient (Wildman–Crippen LogP) is -0.683. The Hall–Kier alpha value is -0.865. The third-order valence-corrected chi connectivity index (χ3v) is 1.53. The molecule has 1 unspecified atom stereocenters. The van der Waals surface area contributed by atoms with E-state index in [9.17, 15) is 22.1 Å². The molecule has 0 radical (unpaired) electrons. The second kappa shape index (κ2) is 6.66. The number of nitrogens with zero attached hydrogens (tertiary/aromatic N) is 1. The molecule has 0 aromatic heterocycles. The van der Waals surface area contributed by atoms with E-state index in [-0.39, 0.29) is 11.9 Å². The summed E-state index contributed by atoms with van der Waals surface area (Å²) in [5.74, 6) is -0.0537. The van der Waals surface area contributed by atoms with E-state index in [1.807, 2.05) is 0 Å². The number of hydroxylamine groups is 2. The Labute approximate surface area is 89.5 Å². The zero-order valence-corrected chi connectivity index (χ0v) is 8.67. The summed E-state index contributed by atoms with van der Waals surface area (Å²) in [7, 11) is -4.41. The van der Waals surface area contributed by atoms with E-state index >= 15 is 0 Å². The molecule has 1 amide bonds. The number of rotatable bonds is 3. The summed E-state index contributed by atoms with van der Waals surface area (Å²) < 4.78 is 43.8. The Balaban J connectivity index is 0.000000385. The van der Waals surface area contributed by atoms with E-state index in [0.717, 1.165) is 0 Å². The van der Waals surface area contributed by atoms with Crippen molar-refractivity contribution in [1.82, 2.24) is 5.06 Å². The molecule has 96 valence electrons. The van der Waals surface area contributed by atoms with Gasteiger partial charge in [0.05, 0.1) is 13.2 Å². The minimum absolute atomic E-state index is 0.0537. The summed E-state index contributed by atoms with van der Waals surface area (Å²) >= 11 is 0. The quantitative estimate of drug-likeness (QED) is 0.531. The predicted molar refractivity (Wildman–Crippen MR) is 46.4 cm³/mol. The van der Waals surface area contributed by atoms with Crippen LogP contribution in [0.15, 0.2) is 0 Å². The maximum atomic E-state index is 11.1. The molecule has 1 fully saturated rings. The fourth-order valence-electron chi connectivity index (χ4n) is 0.867. The summed E-state index contributed by atoms with van der Waals surface area (Å²) in [6, 6.07) is -0.244. The van der Waals surface area contributed by atoms with Crippen LogP contribution in [0.1, 0.15) is 0 Å². The summed E-state index contributed by atoms with van der Waals surface area (Å²) in [6.07, 6.45) is 0. The molecule has 5 nitrogen and oxygen atoms in total. The lowest BCUT2D eigenvalue weighted by Crippen LogP contribution is -2.65. The van der Waals surface area contributed by atoms with Gasteiger partial charge in [-0.2, -0.15) is 0 Å². The minimum atomic E-state index is -6.00. The molecule has 1 aliphatic rings. The molecule has 0 saturated carbocycles. The lowest BCUT2D eigenvalue weighted by Gasteiger charge is -2.11. The zero-order chi connectivity index (χ0) is 12.8. The highest BCUT2D eigenvalue weighted by molar-refractivity contribution is 6.50. The van der Waals surface area contributed by atoms with Crippen LogP contribution >= 0.6 is 0 Å². The van der Waals surface area contributed by atoms with Crippen molar-refractivity contribution in [2.45, 2.75) is 6.04 Å². The number of hydrogen-bond donors (Lipinski definition) is 1. The topological polar surface area (TPSA) is 66.4 Å². The molecule has 1 heterocycles. The first-order chi connectivity index (χ1) is 7.25.